The fraction of sp³-hybridized carbons (Fsp3) is 0.381. The second kappa shape index (κ2) is 8.59. The van der Waals surface area contributed by atoms with E-state index >= 15 is 0 Å². The minimum absolute atomic E-state index is 0.0244. The summed E-state index contributed by atoms with van der Waals surface area (Å²) in [6, 6.07) is 6.08. The van der Waals surface area contributed by atoms with Crippen molar-refractivity contribution in [2.45, 2.75) is 36.7 Å². The summed E-state index contributed by atoms with van der Waals surface area (Å²) in [6.07, 6.45) is -9.97. The molecule has 1 aliphatic heterocycles. The molecule has 37 heavy (non-hydrogen) atoms. The van der Waals surface area contributed by atoms with Crippen LogP contribution in [0.25, 0.3) is 5.57 Å². The van der Waals surface area contributed by atoms with Crippen LogP contribution in [0.4, 0.5) is 40.9 Å². The summed E-state index contributed by atoms with van der Waals surface area (Å²) in [5.41, 5.74) is -2.73. The molecule has 4 rings (SSSR count). The Kier molecular flexibility index (Phi) is 6.19. The number of hydrogen-bond acceptors (Lipinski definition) is 5. The Morgan fingerprint density at radius 3 is 2.38 bits per heavy atom. The van der Waals surface area contributed by atoms with E-state index in [-0.39, 0.29) is 27.4 Å². The molecule has 2 heterocycles. The van der Waals surface area contributed by atoms with Gasteiger partial charge < -0.3 is 5.32 Å². The molecular weight excluding hydrogens is 540 g/mol. The zero-order chi connectivity index (χ0) is 27.6. The Morgan fingerprint density at radius 1 is 1.19 bits per heavy atom. The first-order valence-electron chi connectivity index (χ1n) is 10.4. The van der Waals surface area contributed by atoms with Crippen LogP contribution in [0.2, 0.25) is 5.02 Å². The van der Waals surface area contributed by atoms with Crippen molar-refractivity contribution in [2.24, 2.45) is 7.05 Å². The summed E-state index contributed by atoms with van der Waals surface area (Å²) in [5.74, 6) is -7.63. The number of amides is 1. The van der Waals surface area contributed by atoms with E-state index < -0.39 is 46.8 Å². The maximum atomic E-state index is 14.0. The number of aryl methyl sites for hydroxylation is 1. The van der Waals surface area contributed by atoms with Gasteiger partial charge in [0.05, 0.1) is 16.7 Å². The lowest BCUT2D eigenvalue weighted by Gasteiger charge is -2.21. The van der Waals surface area contributed by atoms with Crippen molar-refractivity contribution in [1.29, 1.82) is 5.26 Å². The van der Waals surface area contributed by atoms with Crippen molar-refractivity contribution < 1.29 is 39.9 Å². The minimum Gasteiger partial charge on any atom is -0.334 e. The third-order valence-corrected chi connectivity index (χ3v) is 6.14. The standard InChI is InChI=1S/C21H15ClF8N6O/c1-35-17(14(20(25,26)27)15(34-35)19(23,24)21(28,29)30)36-8-11(7-32-36)10-2-3-13(22)12(6-10)16(37)33-18(9-31)4-5-18/h2-3,6,8,32H,4-5,7H2,1H3,(H,33,37). The average Bonchev–Trinajstić information content (AvgIpc) is 3.21. The van der Waals surface area contributed by atoms with Crippen molar-refractivity contribution in [2.75, 3.05) is 11.6 Å². The lowest BCUT2D eigenvalue weighted by atomic mass is 10.0. The number of hydrogen-bond donors (Lipinski definition) is 2. The van der Waals surface area contributed by atoms with Crippen LogP contribution in [-0.2, 0) is 19.1 Å². The number of benzene rings is 1. The Bertz CT molecular complexity index is 1340. The van der Waals surface area contributed by atoms with Gasteiger partial charge in [0.25, 0.3) is 5.91 Å². The molecular formula is C21H15ClF8N6O. The minimum atomic E-state index is -6.32. The Morgan fingerprint density at radius 2 is 1.84 bits per heavy atom. The van der Waals surface area contributed by atoms with Gasteiger partial charge in [-0.3, -0.25) is 14.5 Å². The van der Waals surface area contributed by atoms with E-state index in [0.29, 0.717) is 23.4 Å². The molecule has 1 aromatic heterocycles. The highest BCUT2D eigenvalue weighted by atomic mass is 35.5. The Balaban J connectivity index is 1.72. The molecule has 2 N–H and O–H groups in total. The van der Waals surface area contributed by atoms with E-state index in [2.05, 4.69) is 15.8 Å². The number of alkyl halides is 8. The number of nitriles is 1. The van der Waals surface area contributed by atoms with Crippen LogP contribution in [-0.4, -0.2) is 33.9 Å². The molecule has 2 aliphatic rings. The van der Waals surface area contributed by atoms with Crippen LogP contribution in [0.3, 0.4) is 0 Å². The van der Waals surface area contributed by atoms with Gasteiger partial charge in [0.1, 0.15) is 11.1 Å². The van der Waals surface area contributed by atoms with Crippen molar-refractivity contribution in [1.82, 2.24) is 20.5 Å². The third kappa shape index (κ3) is 4.71. The predicted octanol–water partition coefficient (Wildman–Crippen LogP) is 4.90. The van der Waals surface area contributed by atoms with E-state index in [0.717, 1.165) is 13.2 Å². The summed E-state index contributed by atoms with van der Waals surface area (Å²) in [6.45, 7) is -0.182. The molecule has 0 saturated heterocycles. The SMILES string of the molecule is Cn1nc(C(F)(F)C(F)(F)F)c(C(F)(F)F)c1N1C=C(c2ccc(Cl)c(C(=O)NC3(C#N)CC3)c2)CN1. The number of anilines is 1. The highest BCUT2D eigenvalue weighted by molar-refractivity contribution is 6.34. The van der Waals surface area contributed by atoms with Crippen molar-refractivity contribution in [3.05, 3.63) is 51.8 Å². The summed E-state index contributed by atoms with van der Waals surface area (Å²) in [7, 11) is 0.793. The fourth-order valence-corrected chi connectivity index (χ4v) is 3.91. The Hall–Kier alpha value is -3.38. The van der Waals surface area contributed by atoms with Gasteiger partial charge in [0, 0.05) is 19.8 Å². The number of hydrazine groups is 1. The van der Waals surface area contributed by atoms with Gasteiger partial charge in [-0.1, -0.05) is 17.7 Å². The molecule has 0 bridgehead atoms. The molecule has 1 fully saturated rings. The number of nitrogens with one attached hydrogen (secondary N) is 2. The first-order chi connectivity index (χ1) is 17.0. The molecule has 1 aliphatic carbocycles. The summed E-state index contributed by atoms with van der Waals surface area (Å²) in [4.78, 5) is 12.6. The molecule has 1 aromatic carbocycles. The smallest absolute Gasteiger partial charge is 0.334 e. The largest absolute Gasteiger partial charge is 0.459 e. The van der Waals surface area contributed by atoms with Crippen LogP contribution < -0.4 is 15.8 Å². The fourth-order valence-electron chi connectivity index (χ4n) is 3.71. The van der Waals surface area contributed by atoms with E-state index in [1.54, 1.807) is 0 Å². The van der Waals surface area contributed by atoms with Crippen LogP contribution in [0.5, 0.6) is 0 Å². The van der Waals surface area contributed by atoms with Crippen LogP contribution >= 0.6 is 11.6 Å². The molecule has 0 unspecified atom stereocenters. The zero-order valence-corrected chi connectivity index (χ0v) is 19.3. The van der Waals surface area contributed by atoms with Gasteiger partial charge in [-0.15, -0.1) is 0 Å². The second-order valence-corrected chi connectivity index (χ2v) is 8.85. The topological polar surface area (TPSA) is 86.0 Å². The molecule has 0 spiro atoms. The van der Waals surface area contributed by atoms with E-state index in [1.807, 2.05) is 6.07 Å². The predicted molar refractivity (Wildman–Crippen MR) is 113 cm³/mol. The zero-order valence-electron chi connectivity index (χ0n) is 18.5. The molecule has 16 heteroatoms. The van der Waals surface area contributed by atoms with Crippen molar-refractivity contribution in [3.63, 3.8) is 0 Å². The molecule has 198 valence electrons. The maximum Gasteiger partial charge on any atom is 0.459 e. The van der Waals surface area contributed by atoms with Gasteiger partial charge >= 0.3 is 18.3 Å². The Labute approximate surface area is 208 Å². The van der Waals surface area contributed by atoms with E-state index in [1.165, 1.54) is 18.2 Å². The first-order valence-corrected chi connectivity index (χ1v) is 10.7. The van der Waals surface area contributed by atoms with E-state index in [9.17, 15) is 39.9 Å². The summed E-state index contributed by atoms with van der Waals surface area (Å²) >= 11 is 6.10. The van der Waals surface area contributed by atoms with Crippen LogP contribution in [0, 0.1) is 11.3 Å². The van der Waals surface area contributed by atoms with Crippen LogP contribution in [0.1, 0.15) is 40.0 Å². The monoisotopic (exact) mass is 554 g/mol. The molecule has 2 aromatic rings. The van der Waals surface area contributed by atoms with Gasteiger partial charge in [0.2, 0.25) is 0 Å². The van der Waals surface area contributed by atoms with Crippen molar-refractivity contribution >= 4 is 28.9 Å². The number of rotatable bonds is 5. The molecule has 1 amide bonds. The number of aromatic nitrogens is 2. The van der Waals surface area contributed by atoms with Crippen LogP contribution in [0.15, 0.2) is 24.4 Å². The average molecular weight is 555 g/mol. The van der Waals surface area contributed by atoms with E-state index in [4.69, 9.17) is 16.9 Å². The molecule has 1 saturated carbocycles. The quantitative estimate of drug-likeness (QED) is 0.514. The normalized spacial score (nSPS) is 17.4. The second-order valence-electron chi connectivity index (χ2n) is 8.44. The molecule has 7 nitrogen and oxygen atoms in total. The number of carbonyl (C=O) groups is 1. The first kappa shape index (κ1) is 26.7. The summed E-state index contributed by atoms with van der Waals surface area (Å²) < 4.78 is 108. The van der Waals surface area contributed by atoms with Gasteiger partial charge in [-0.2, -0.15) is 45.5 Å². The van der Waals surface area contributed by atoms with Gasteiger partial charge in [-0.25, -0.2) is 5.43 Å². The summed E-state index contributed by atoms with van der Waals surface area (Å²) in [5, 5.41) is 15.3. The number of carbonyl (C=O) groups excluding carboxylic acids is 1. The number of nitrogens with zero attached hydrogens (tertiary/aromatic N) is 4. The van der Waals surface area contributed by atoms with Gasteiger partial charge in [-0.05, 0) is 36.1 Å². The highest BCUT2D eigenvalue weighted by Gasteiger charge is 2.64. The van der Waals surface area contributed by atoms with Gasteiger partial charge in [0.15, 0.2) is 11.5 Å². The lowest BCUT2D eigenvalue weighted by Crippen LogP contribution is -2.36. The number of halogens is 9. The van der Waals surface area contributed by atoms with Crippen molar-refractivity contribution in [3.8, 4) is 6.07 Å². The molecule has 0 radical (unpaired) electrons. The highest BCUT2D eigenvalue weighted by Crippen LogP contribution is 2.50. The maximum absolute atomic E-state index is 14.0. The molecule has 0 atom stereocenters. The third-order valence-electron chi connectivity index (χ3n) is 5.81. The lowest BCUT2D eigenvalue weighted by molar-refractivity contribution is -0.292.